The van der Waals surface area contributed by atoms with E-state index in [1.165, 1.54) is 45.4 Å². The minimum atomic E-state index is 0.523. The molecule has 1 heterocycles. The van der Waals surface area contributed by atoms with Gasteiger partial charge < -0.3 is 10.6 Å². The molecule has 2 atom stereocenters. The molecule has 2 nitrogen and oxygen atoms in total. The molecule has 0 aromatic heterocycles. The van der Waals surface area contributed by atoms with Gasteiger partial charge in [-0.05, 0) is 49.6 Å². The zero-order valence-electron chi connectivity index (χ0n) is 11.6. The highest BCUT2D eigenvalue weighted by atomic mass is 14.9. The fraction of sp³-hybridized carbons (Fsp3) is 1.00. The Kier molecular flexibility index (Phi) is 5.77. The summed E-state index contributed by atoms with van der Waals surface area (Å²) < 4.78 is 0. The van der Waals surface area contributed by atoms with Crippen LogP contribution in [0.15, 0.2) is 0 Å². The van der Waals surface area contributed by atoms with Crippen molar-refractivity contribution in [2.75, 3.05) is 26.2 Å². The molecular formula is C14H30N2. The minimum Gasteiger partial charge on any atom is -0.316 e. The van der Waals surface area contributed by atoms with E-state index < -0.39 is 0 Å². The average Bonchev–Trinajstić information content (AvgIpc) is 2.30. The van der Waals surface area contributed by atoms with Gasteiger partial charge in [-0.15, -0.1) is 0 Å². The second-order valence-corrected chi connectivity index (χ2v) is 5.99. The van der Waals surface area contributed by atoms with Gasteiger partial charge in [-0.1, -0.05) is 27.7 Å². The second kappa shape index (κ2) is 6.61. The smallest absolute Gasteiger partial charge is 0.00200 e. The normalized spacial score (nSPS) is 28.3. The Morgan fingerprint density at radius 2 is 2.06 bits per heavy atom. The molecule has 16 heavy (non-hydrogen) atoms. The maximum absolute atomic E-state index is 3.69. The fourth-order valence-electron chi connectivity index (χ4n) is 2.41. The maximum atomic E-state index is 3.69. The molecule has 0 spiro atoms. The summed E-state index contributed by atoms with van der Waals surface area (Å²) in [5.41, 5.74) is 0.523. The predicted molar refractivity (Wildman–Crippen MR) is 71.7 cm³/mol. The quantitative estimate of drug-likeness (QED) is 0.727. The van der Waals surface area contributed by atoms with Gasteiger partial charge in [-0.3, -0.25) is 0 Å². The summed E-state index contributed by atoms with van der Waals surface area (Å²) in [6.45, 7) is 14.1. The molecule has 0 radical (unpaired) electrons. The highest BCUT2D eigenvalue weighted by Crippen LogP contribution is 2.29. The van der Waals surface area contributed by atoms with Crippen molar-refractivity contribution in [3.8, 4) is 0 Å². The fourth-order valence-corrected chi connectivity index (χ4v) is 2.41. The van der Waals surface area contributed by atoms with Crippen molar-refractivity contribution in [3.63, 3.8) is 0 Å². The van der Waals surface area contributed by atoms with E-state index in [2.05, 4.69) is 38.3 Å². The van der Waals surface area contributed by atoms with Gasteiger partial charge in [0.05, 0.1) is 0 Å². The Balaban J connectivity index is 2.28. The van der Waals surface area contributed by atoms with Gasteiger partial charge in [0.1, 0.15) is 0 Å². The Hall–Kier alpha value is -0.0800. The molecule has 1 aliphatic rings. The molecule has 1 rings (SSSR count). The van der Waals surface area contributed by atoms with E-state index in [0.717, 1.165) is 11.8 Å². The van der Waals surface area contributed by atoms with Crippen molar-refractivity contribution in [1.29, 1.82) is 0 Å². The number of nitrogens with one attached hydrogen (secondary N) is 2. The van der Waals surface area contributed by atoms with Gasteiger partial charge >= 0.3 is 0 Å². The second-order valence-electron chi connectivity index (χ2n) is 5.99. The predicted octanol–water partition coefficient (Wildman–Crippen LogP) is 2.65. The molecule has 0 saturated carbocycles. The van der Waals surface area contributed by atoms with Crippen molar-refractivity contribution in [2.45, 2.75) is 47.0 Å². The summed E-state index contributed by atoms with van der Waals surface area (Å²) in [6, 6.07) is 0. The summed E-state index contributed by atoms with van der Waals surface area (Å²) in [5.74, 6) is 1.57. The molecule has 2 unspecified atom stereocenters. The van der Waals surface area contributed by atoms with Gasteiger partial charge in [0.15, 0.2) is 0 Å². The van der Waals surface area contributed by atoms with Crippen LogP contribution in [-0.2, 0) is 0 Å². The SMILES string of the molecule is CCC1(CNCC(C)C(C)C)CCCNC1. The van der Waals surface area contributed by atoms with E-state index in [9.17, 15) is 0 Å². The van der Waals surface area contributed by atoms with E-state index in [0.29, 0.717) is 5.41 Å². The zero-order valence-corrected chi connectivity index (χ0v) is 11.6. The van der Waals surface area contributed by atoms with E-state index in [1.54, 1.807) is 0 Å². The lowest BCUT2D eigenvalue weighted by Gasteiger charge is -2.37. The number of piperidine rings is 1. The third kappa shape index (κ3) is 4.06. The summed E-state index contributed by atoms with van der Waals surface area (Å²) >= 11 is 0. The van der Waals surface area contributed by atoms with Gasteiger partial charge in [0.25, 0.3) is 0 Å². The highest BCUT2D eigenvalue weighted by molar-refractivity contribution is 4.86. The average molecular weight is 226 g/mol. The first-order valence-electron chi connectivity index (χ1n) is 7.01. The Labute approximate surface area is 102 Å². The number of hydrogen-bond acceptors (Lipinski definition) is 2. The summed E-state index contributed by atoms with van der Waals surface area (Å²) in [7, 11) is 0. The van der Waals surface area contributed by atoms with Crippen LogP contribution in [0.5, 0.6) is 0 Å². The molecule has 0 amide bonds. The molecule has 2 heteroatoms. The third-order valence-corrected chi connectivity index (χ3v) is 4.42. The van der Waals surface area contributed by atoms with Gasteiger partial charge in [0.2, 0.25) is 0 Å². The first kappa shape index (κ1) is 14.0. The van der Waals surface area contributed by atoms with Gasteiger partial charge in [0, 0.05) is 13.1 Å². The summed E-state index contributed by atoms with van der Waals surface area (Å²) in [4.78, 5) is 0. The van der Waals surface area contributed by atoms with Crippen molar-refractivity contribution >= 4 is 0 Å². The van der Waals surface area contributed by atoms with Crippen molar-refractivity contribution in [2.24, 2.45) is 17.3 Å². The van der Waals surface area contributed by atoms with E-state index in [1.807, 2.05) is 0 Å². The van der Waals surface area contributed by atoms with E-state index in [-0.39, 0.29) is 0 Å². The Morgan fingerprint density at radius 1 is 1.31 bits per heavy atom. The van der Waals surface area contributed by atoms with Crippen LogP contribution < -0.4 is 10.6 Å². The Morgan fingerprint density at radius 3 is 2.56 bits per heavy atom. The van der Waals surface area contributed by atoms with Crippen LogP contribution in [0.4, 0.5) is 0 Å². The molecule has 1 aliphatic heterocycles. The standard InChI is InChI=1S/C14H30N2/c1-5-14(7-6-8-15-10-14)11-16-9-13(4)12(2)3/h12-13,15-16H,5-11H2,1-4H3. The maximum Gasteiger partial charge on any atom is 0.00200 e. The molecule has 0 aromatic carbocycles. The molecule has 0 aliphatic carbocycles. The lowest BCUT2D eigenvalue weighted by Crippen LogP contribution is -2.46. The van der Waals surface area contributed by atoms with Crippen LogP contribution in [0.25, 0.3) is 0 Å². The molecule has 1 fully saturated rings. The molecular weight excluding hydrogens is 196 g/mol. The Bertz CT molecular complexity index is 183. The summed E-state index contributed by atoms with van der Waals surface area (Å²) in [5, 5.41) is 7.24. The first-order chi connectivity index (χ1) is 7.59. The van der Waals surface area contributed by atoms with Crippen LogP contribution in [0.1, 0.15) is 47.0 Å². The van der Waals surface area contributed by atoms with Crippen LogP contribution >= 0.6 is 0 Å². The van der Waals surface area contributed by atoms with Crippen LogP contribution in [-0.4, -0.2) is 26.2 Å². The largest absolute Gasteiger partial charge is 0.316 e. The first-order valence-corrected chi connectivity index (χ1v) is 7.01. The van der Waals surface area contributed by atoms with Gasteiger partial charge in [-0.25, -0.2) is 0 Å². The lowest BCUT2D eigenvalue weighted by molar-refractivity contribution is 0.188. The van der Waals surface area contributed by atoms with Crippen molar-refractivity contribution < 1.29 is 0 Å². The van der Waals surface area contributed by atoms with Crippen LogP contribution in [0.3, 0.4) is 0 Å². The monoisotopic (exact) mass is 226 g/mol. The van der Waals surface area contributed by atoms with Crippen molar-refractivity contribution in [1.82, 2.24) is 10.6 Å². The van der Waals surface area contributed by atoms with Gasteiger partial charge in [-0.2, -0.15) is 0 Å². The molecule has 96 valence electrons. The van der Waals surface area contributed by atoms with E-state index in [4.69, 9.17) is 0 Å². The van der Waals surface area contributed by atoms with Crippen LogP contribution in [0.2, 0.25) is 0 Å². The van der Waals surface area contributed by atoms with E-state index >= 15 is 0 Å². The molecule has 1 saturated heterocycles. The summed E-state index contributed by atoms with van der Waals surface area (Å²) in [6.07, 6.45) is 4.03. The zero-order chi connectivity index (χ0) is 12.0. The minimum absolute atomic E-state index is 0.523. The van der Waals surface area contributed by atoms with Crippen molar-refractivity contribution in [3.05, 3.63) is 0 Å². The number of rotatable bonds is 6. The molecule has 0 bridgehead atoms. The molecule has 2 N–H and O–H groups in total. The highest BCUT2D eigenvalue weighted by Gasteiger charge is 2.29. The third-order valence-electron chi connectivity index (χ3n) is 4.42. The van der Waals surface area contributed by atoms with Crippen LogP contribution in [0, 0.1) is 17.3 Å². The topological polar surface area (TPSA) is 24.1 Å². The number of hydrogen-bond donors (Lipinski definition) is 2. The molecule has 0 aromatic rings. The lowest BCUT2D eigenvalue weighted by atomic mass is 9.78.